The van der Waals surface area contributed by atoms with Crippen molar-refractivity contribution in [3.8, 4) is 5.75 Å². The largest absolute Gasteiger partial charge is 0.497 e. The second kappa shape index (κ2) is 10.2. The molecule has 152 valence electrons. The Bertz CT molecular complexity index is 862. The molecule has 0 aliphatic carbocycles. The van der Waals surface area contributed by atoms with E-state index >= 15 is 0 Å². The van der Waals surface area contributed by atoms with Gasteiger partial charge in [-0.3, -0.25) is 4.79 Å². The van der Waals surface area contributed by atoms with Crippen LogP contribution < -0.4 is 9.46 Å². The van der Waals surface area contributed by atoms with Gasteiger partial charge in [-0.15, -0.1) is 0 Å². The van der Waals surface area contributed by atoms with Crippen molar-refractivity contribution in [2.24, 2.45) is 0 Å². The minimum absolute atomic E-state index is 0.0390. The number of carbonyl (C=O) groups is 1. The highest BCUT2D eigenvalue weighted by molar-refractivity contribution is 7.89. The highest BCUT2D eigenvalue weighted by Crippen LogP contribution is 2.15. The molecule has 0 spiro atoms. The van der Waals surface area contributed by atoms with Crippen molar-refractivity contribution in [1.29, 1.82) is 0 Å². The van der Waals surface area contributed by atoms with E-state index in [0.29, 0.717) is 25.9 Å². The minimum atomic E-state index is -3.46. The molecule has 28 heavy (non-hydrogen) atoms. The van der Waals surface area contributed by atoms with Crippen LogP contribution in [-0.2, 0) is 27.8 Å². The SMILES string of the molecule is CCCNS(=O)(=O)c1ccc(CCC(=O)N(C)Cc2ccc(OC)cc2)cc1. The predicted molar refractivity (Wildman–Crippen MR) is 110 cm³/mol. The lowest BCUT2D eigenvalue weighted by Gasteiger charge is -2.17. The number of ether oxygens (including phenoxy) is 1. The maximum Gasteiger partial charge on any atom is 0.240 e. The number of nitrogens with zero attached hydrogens (tertiary/aromatic N) is 1. The van der Waals surface area contributed by atoms with Crippen LogP contribution in [0.5, 0.6) is 5.75 Å². The van der Waals surface area contributed by atoms with Crippen molar-refractivity contribution in [3.05, 3.63) is 59.7 Å². The number of hydrogen-bond donors (Lipinski definition) is 1. The number of amides is 1. The average Bonchev–Trinajstić information content (AvgIpc) is 2.71. The first-order chi connectivity index (χ1) is 13.4. The molecule has 2 aromatic rings. The van der Waals surface area contributed by atoms with Crippen LogP contribution in [0.25, 0.3) is 0 Å². The average molecular weight is 405 g/mol. The standard InChI is InChI=1S/C21H28N2O4S/c1-4-15-22-28(25,26)20-12-7-17(8-13-20)9-14-21(24)23(2)16-18-5-10-19(27-3)11-6-18/h5-8,10-13,22H,4,9,14-16H2,1-3H3. The molecule has 2 rings (SSSR count). The Hall–Kier alpha value is -2.38. The van der Waals surface area contributed by atoms with Crippen molar-refractivity contribution in [2.45, 2.75) is 37.6 Å². The van der Waals surface area contributed by atoms with Gasteiger partial charge in [-0.1, -0.05) is 31.2 Å². The van der Waals surface area contributed by atoms with E-state index < -0.39 is 10.0 Å². The molecule has 0 saturated carbocycles. The van der Waals surface area contributed by atoms with Crippen LogP contribution in [0.15, 0.2) is 53.4 Å². The molecule has 0 radical (unpaired) electrons. The summed E-state index contributed by atoms with van der Waals surface area (Å²) >= 11 is 0. The monoisotopic (exact) mass is 404 g/mol. The van der Waals surface area contributed by atoms with Crippen molar-refractivity contribution in [3.63, 3.8) is 0 Å². The lowest BCUT2D eigenvalue weighted by atomic mass is 10.1. The smallest absolute Gasteiger partial charge is 0.240 e. The normalized spacial score (nSPS) is 11.2. The van der Waals surface area contributed by atoms with Gasteiger partial charge < -0.3 is 9.64 Å². The Balaban J connectivity index is 1.87. The molecule has 0 saturated heterocycles. The van der Waals surface area contributed by atoms with E-state index in [1.165, 1.54) is 0 Å². The van der Waals surface area contributed by atoms with Gasteiger partial charge in [0.15, 0.2) is 0 Å². The van der Waals surface area contributed by atoms with Crippen molar-refractivity contribution >= 4 is 15.9 Å². The molecule has 2 aromatic carbocycles. The minimum Gasteiger partial charge on any atom is -0.497 e. The molecule has 0 atom stereocenters. The molecule has 0 fully saturated rings. The predicted octanol–water partition coefficient (Wildman–Crippen LogP) is 2.97. The number of nitrogens with one attached hydrogen (secondary N) is 1. The lowest BCUT2D eigenvalue weighted by molar-refractivity contribution is -0.130. The fourth-order valence-electron chi connectivity index (χ4n) is 2.69. The van der Waals surface area contributed by atoms with Gasteiger partial charge in [-0.05, 0) is 48.2 Å². The zero-order valence-electron chi connectivity index (χ0n) is 16.6. The van der Waals surface area contributed by atoms with Crippen LogP contribution in [0.2, 0.25) is 0 Å². The van der Waals surface area contributed by atoms with E-state index in [9.17, 15) is 13.2 Å². The maximum absolute atomic E-state index is 12.4. The third-order valence-corrected chi connectivity index (χ3v) is 5.88. The molecule has 1 N–H and O–H groups in total. The van der Waals surface area contributed by atoms with Crippen LogP contribution in [0.3, 0.4) is 0 Å². The first-order valence-corrected chi connectivity index (χ1v) is 10.8. The zero-order chi connectivity index (χ0) is 20.6. The fourth-order valence-corrected chi connectivity index (χ4v) is 3.82. The molecule has 0 aliphatic heterocycles. The molecule has 0 aromatic heterocycles. The summed E-state index contributed by atoms with van der Waals surface area (Å²) in [5.41, 5.74) is 1.96. The van der Waals surface area contributed by atoms with Crippen LogP contribution in [0.4, 0.5) is 0 Å². The number of rotatable bonds is 10. The third kappa shape index (κ3) is 6.35. The van der Waals surface area contributed by atoms with Gasteiger partial charge in [-0.25, -0.2) is 13.1 Å². The molecule has 0 heterocycles. The van der Waals surface area contributed by atoms with Crippen LogP contribution in [-0.4, -0.2) is 39.9 Å². The van der Waals surface area contributed by atoms with Crippen LogP contribution in [0.1, 0.15) is 30.9 Å². The quantitative estimate of drug-likeness (QED) is 0.661. The first-order valence-electron chi connectivity index (χ1n) is 9.31. The Kier molecular flexibility index (Phi) is 8.02. The molecule has 1 amide bonds. The van der Waals surface area contributed by atoms with Gasteiger partial charge in [-0.2, -0.15) is 0 Å². The molecule has 0 bridgehead atoms. The molecule has 0 unspecified atom stereocenters. The molecular weight excluding hydrogens is 376 g/mol. The van der Waals surface area contributed by atoms with E-state index in [4.69, 9.17) is 4.74 Å². The van der Waals surface area contributed by atoms with Crippen LogP contribution >= 0.6 is 0 Å². The molecule has 7 heteroatoms. The Morgan fingerprint density at radius 2 is 1.64 bits per heavy atom. The topological polar surface area (TPSA) is 75.7 Å². The molecular formula is C21H28N2O4S. The summed E-state index contributed by atoms with van der Waals surface area (Å²) < 4.78 is 31.9. The zero-order valence-corrected chi connectivity index (χ0v) is 17.5. The maximum atomic E-state index is 12.4. The Labute approximate surface area is 167 Å². The first kappa shape index (κ1) is 21.9. The fraction of sp³-hybridized carbons (Fsp3) is 0.381. The van der Waals surface area contributed by atoms with E-state index in [1.807, 2.05) is 31.2 Å². The van der Waals surface area contributed by atoms with Gasteiger partial charge in [0, 0.05) is 26.6 Å². The van der Waals surface area contributed by atoms with Crippen molar-refractivity contribution in [1.82, 2.24) is 9.62 Å². The van der Waals surface area contributed by atoms with E-state index in [-0.39, 0.29) is 10.8 Å². The summed E-state index contributed by atoms with van der Waals surface area (Å²) in [6.07, 6.45) is 1.67. The third-order valence-electron chi connectivity index (χ3n) is 4.41. The highest BCUT2D eigenvalue weighted by Gasteiger charge is 2.13. The second-order valence-electron chi connectivity index (χ2n) is 6.64. The van der Waals surface area contributed by atoms with Crippen LogP contribution in [0, 0.1) is 0 Å². The number of benzene rings is 2. The van der Waals surface area contributed by atoms with Gasteiger partial charge in [0.05, 0.1) is 12.0 Å². The number of aryl methyl sites for hydroxylation is 1. The summed E-state index contributed by atoms with van der Waals surface area (Å²) in [5, 5.41) is 0. The van der Waals surface area contributed by atoms with E-state index in [0.717, 1.165) is 23.3 Å². The molecule has 6 nitrogen and oxygen atoms in total. The second-order valence-corrected chi connectivity index (χ2v) is 8.41. The highest BCUT2D eigenvalue weighted by atomic mass is 32.2. The summed E-state index contributed by atoms with van der Waals surface area (Å²) in [6.45, 7) is 2.86. The number of carbonyl (C=O) groups excluding carboxylic acids is 1. The van der Waals surface area contributed by atoms with E-state index in [2.05, 4.69) is 4.72 Å². The summed E-state index contributed by atoms with van der Waals surface area (Å²) in [7, 11) is -0.0589. The van der Waals surface area contributed by atoms with Gasteiger partial charge in [0.1, 0.15) is 5.75 Å². The Morgan fingerprint density at radius 3 is 2.21 bits per heavy atom. The van der Waals surface area contributed by atoms with Crippen molar-refractivity contribution < 1.29 is 17.9 Å². The summed E-state index contributed by atoms with van der Waals surface area (Å²) in [6, 6.07) is 14.3. The summed E-state index contributed by atoms with van der Waals surface area (Å²) in [5.74, 6) is 0.824. The van der Waals surface area contributed by atoms with Gasteiger partial charge in [0.2, 0.25) is 15.9 Å². The van der Waals surface area contributed by atoms with Gasteiger partial charge >= 0.3 is 0 Å². The number of hydrogen-bond acceptors (Lipinski definition) is 4. The van der Waals surface area contributed by atoms with Crippen molar-refractivity contribution in [2.75, 3.05) is 20.7 Å². The number of sulfonamides is 1. The van der Waals surface area contributed by atoms with Gasteiger partial charge in [0.25, 0.3) is 0 Å². The number of methoxy groups -OCH3 is 1. The molecule has 0 aliphatic rings. The van der Waals surface area contributed by atoms with E-state index in [1.54, 1.807) is 43.3 Å². The Morgan fingerprint density at radius 1 is 1.04 bits per heavy atom. The lowest BCUT2D eigenvalue weighted by Crippen LogP contribution is -2.26. The summed E-state index contributed by atoms with van der Waals surface area (Å²) in [4.78, 5) is 14.3.